The fraction of sp³-hybridized carbons (Fsp3) is 0.667. The van der Waals surface area contributed by atoms with E-state index in [1.165, 1.54) is 26.4 Å². The van der Waals surface area contributed by atoms with Gasteiger partial charge in [0.25, 0.3) is 5.91 Å². The molecular formula is C21H29F3N2O3S. The number of alkyl halides is 3. The molecule has 168 valence electrons. The van der Waals surface area contributed by atoms with E-state index in [4.69, 9.17) is 9.47 Å². The van der Waals surface area contributed by atoms with Crippen molar-refractivity contribution in [1.29, 1.82) is 0 Å². The summed E-state index contributed by atoms with van der Waals surface area (Å²) < 4.78 is 50.1. The Hall–Kier alpha value is -1.45. The number of nitrogens with one attached hydrogen (secondary N) is 2. The number of amides is 1. The van der Waals surface area contributed by atoms with E-state index < -0.39 is 17.6 Å². The van der Waals surface area contributed by atoms with Crippen molar-refractivity contribution in [2.24, 2.45) is 5.92 Å². The van der Waals surface area contributed by atoms with Gasteiger partial charge in [-0.1, -0.05) is 6.42 Å². The highest BCUT2D eigenvalue weighted by molar-refractivity contribution is 7.98. The molecule has 0 aromatic heterocycles. The highest BCUT2D eigenvalue weighted by atomic mass is 32.2. The SMILES string of the molecule is COc1cc(C(F)(F)F)cc(SC)c1C(=O)NCC[C@H]1COCC[C@H]1NC1CCC1. The third-order valence-electron chi connectivity index (χ3n) is 5.89. The maximum Gasteiger partial charge on any atom is 0.416 e. The third kappa shape index (κ3) is 5.62. The van der Waals surface area contributed by atoms with Crippen LogP contribution in [-0.4, -0.2) is 51.1 Å². The molecule has 1 saturated heterocycles. The van der Waals surface area contributed by atoms with Crippen LogP contribution in [0.2, 0.25) is 0 Å². The molecule has 1 aliphatic carbocycles. The van der Waals surface area contributed by atoms with Crippen molar-refractivity contribution in [2.75, 3.05) is 33.1 Å². The van der Waals surface area contributed by atoms with Crippen LogP contribution in [0.1, 0.15) is 48.0 Å². The second kappa shape index (κ2) is 10.2. The minimum atomic E-state index is -4.50. The molecule has 1 aromatic rings. The van der Waals surface area contributed by atoms with E-state index >= 15 is 0 Å². The molecule has 5 nitrogen and oxygen atoms in total. The number of hydrogen-bond donors (Lipinski definition) is 2. The summed E-state index contributed by atoms with van der Waals surface area (Å²) in [7, 11) is 1.27. The lowest BCUT2D eigenvalue weighted by Gasteiger charge is -2.38. The Balaban J connectivity index is 1.63. The maximum absolute atomic E-state index is 13.1. The molecular weight excluding hydrogens is 417 g/mol. The number of hydrogen-bond acceptors (Lipinski definition) is 5. The molecule has 2 atom stereocenters. The zero-order valence-corrected chi connectivity index (χ0v) is 18.1. The molecule has 30 heavy (non-hydrogen) atoms. The fourth-order valence-electron chi connectivity index (χ4n) is 3.94. The largest absolute Gasteiger partial charge is 0.496 e. The number of thioether (sulfide) groups is 1. The van der Waals surface area contributed by atoms with Gasteiger partial charge in [-0.2, -0.15) is 13.2 Å². The Labute approximate surface area is 179 Å². The Morgan fingerprint density at radius 3 is 2.67 bits per heavy atom. The molecule has 1 aliphatic heterocycles. The Morgan fingerprint density at radius 2 is 2.07 bits per heavy atom. The lowest BCUT2D eigenvalue weighted by molar-refractivity contribution is -0.137. The summed E-state index contributed by atoms with van der Waals surface area (Å²) >= 11 is 1.09. The first kappa shape index (κ1) is 23.2. The lowest BCUT2D eigenvalue weighted by Crippen LogP contribution is -2.50. The number of rotatable bonds is 8. The lowest BCUT2D eigenvalue weighted by atomic mass is 9.87. The highest BCUT2D eigenvalue weighted by Crippen LogP contribution is 2.38. The average molecular weight is 447 g/mol. The standard InChI is InChI=1S/C21H29F3N2O3S/c1-28-17-10-14(21(22,23)24)11-18(30-2)19(17)20(27)25-8-6-13-12-29-9-7-16(13)26-15-4-3-5-15/h10-11,13,15-16,26H,3-9,12H2,1-2H3,(H,25,27)/t13-,16+/m0/s1. The first-order chi connectivity index (χ1) is 14.3. The number of carbonyl (C=O) groups excluding carboxylic acids is 1. The number of halogens is 3. The van der Waals surface area contributed by atoms with Crippen LogP contribution in [0.25, 0.3) is 0 Å². The molecule has 0 radical (unpaired) electrons. The zero-order valence-electron chi connectivity index (χ0n) is 17.3. The van der Waals surface area contributed by atoms with Gasteiger partial charge in [-0.3, -0.25) is 4.79 Å². The van der Waals surface area contributed by atoms with E-state index in [9.17, 15) is 18.0 Å². The fourth-order valence-corrected chi connectivity index (χ4v) is 4.58. The molecule has 1 heterocycles. The highest BCUT2D eigenvalue weighted by Gasteiger charge is 2.34. The molecule has 2 fully saturated rings. The molecule has 0 unspecified atom stereocenters. The predicted molar refractivity (Wildman–Crippen MR) is 110 cm³/mol. The van der Waals surface area contributed by atoms with Crippen LogP contribution in [-0.2, 0) is 10.9 Å². The van der Waals surface area contributed by atoms with Gasteiger partial charge < -0.3 is 20.1 Å². The second-order valence-electron chi connectivity index (χ2n) is 7.82. The van der Waals surface area contributed by atoms with Crippen molar-refractivity contribution >= 4 is 17.7 Å². The summed E-state index contributed by atoms with van der Waals surface area (Å²) in [5.41, 5.74) is -0.688. The van der Waals surface area contributed by atoms with E-state index in [0.29, 0.717) is 31.2 Å². The number of ether oxygens (including phenoxy) is 2. The van der Waals surface area contributed by atoms with E-state index in [1.54, 1.807) is 6.26 Å². The van der Waals surface area contributed by atoms with Gasteiger partial charge in [-0.05, 0) is 50.0 Å². The quantitative estimate of drug-likeness (QED) is 0.589. The van der Waals surface area contributed by atoms with Crippen molar-refractivity contribution in [3.63, 3.8) is 0 Å². The zero-order chi connectivity index (χ0) is 21.7. The molecule has 2 aliphatic rings. The molecule has 0 bridgehead atoms. The predicted octanol–water partition coefficient (Wildman–Crippen LogP) is 4.10. The third-order valence-corrected chi connectivity index (χ3v) is 6.65. The Bertz CT molecular complexity index is 716. The smallest absolute Gasteiger partial charge is 0.416 e. The van der Waals surface area contributed by atoms with E-state index in [2.05, 4.69) is 10.6 Å². The Morgan fingerprint density at radius 1 is 1.30 bits per heavy atom. The normalized spacial score (nSPS) is 22.4. The van der Waals surface area contributed by atoms with Crippen molar-refractivity contribution in [3.8, 4) is 5.75 Å². The second-order valence-corrected chi connectivity index (χ2v) is 8.67. The van der Waals surface area contributed by atoms with Crippen LogP contribution in [0, 0.1) is 5.92 Å². The van der Waals surface area contributed by atoms with Crippen LogP contribution in [0.15, 0.2) is 17.0 Å². The van der Waals surface area contributed by atoms with E-state index in [1.807, 2.05) is 0 Å². The monoisotopic (exact) mass is 446 g/mol. The maximum atomic E-state index is 13.1. The van der Waals surface area contributed by atoms with Gasteiger partial charge in [0.2, 0.25) is 0 Å². The van der Waals surface area contributed by atoms with Crippen molar-refractivity contribution < 1.29 is 27.4 Å². The summed E-state index contributed by atoms with van der Waals surface area (Å²) in [5.74, 6) is -0.198. The summed E-state index contributed by atoms with van der Waals surface area (Å²) in [6.07, 6.45) is 2.54. The minimum Gasteiger partial charge on any atom is -0.496 e. The topological polar surface area (TPSA) is 59.6 Å². The Kier molecular flexibility index (Phi) is 7.92. The molecule has 0 spiro atoms. The van der Waals surface area contributed by atoms with Crippen LogP contribution < -0.4 is 15.4 Å². The molecule has 3 rings (SSSR count). The van der Waals surface area contributed by atoms with E-state index in [-0.39, 0.29) is 16.2 Å². The summed E-state index contributed by atoms with van der Waals surface area (Å²) in [4.78, 5) is 13.0. The molecule has 2 N–H and O–H groups in total. The summed E-state index contributed by atoms with van der Waals surface area (Å²) in [5, 5.41) is 6.57. The molecule has 1 amide bonds. The molecule has 9 heteroatoms. The van der Waals surface area contributed by atoms with E-state index in [0.717, 1.165) is 43.3 Å². The van der Waals surface area contributed by atoms with Crippen molar-refractivity contribution in [2.45, 2.75) is 55.3 Å². The van der Waals surface area contributed by atoms with Gasteiger partial charge in [-0.25, -0.2) is 0 Å². The van der Waals surface area contributed by atoms with Crippen LogP contribution >= 0.6 is 11.8 Å². The van der Waals surface area contributed by atoms with Gasteiger partial charge in [0.15, 0.2) is 0 Å². The molecule has 1 aromatic carbocycles. The summed E-state index contributed by atoms with van der Waals surface area (Å²) in [6, 6.07) is 2.84. The number of benzene rings is 1. The summed E-state index contributed by atoms with van der Waals surface area (Å²) in [6.45, 7) is 1.82. The van der Waals surface area contributed by atoms with Gasteiger partial charge in [-0.15, -0.1) is 11.8 Å². The van der Waals surface area contributed by atoms with Crippen LogP contribution in [0.5, 0.6) is 5.75 Å². The van der Waals surface area contributed by atoms with Gasteiger partial charge in [0.05, 0.1) is 24.8 Å². The van der Waals surface area contributed by atoms with Crippen molar-refractivity contribution in [1.82, 2.24) is 10.6 Å². The number of methoxy groups -OCH3 is 1. The first-order valence-electron chi connectivity index (χ1n) is 10.3. The first-order valence-corrected chi connectivity index (χ1v) is 11.5. The average Bonchev–Trinajstić information content (AvgIpc) is 2.69. The minimum absolute atomic E-state index is 0.0720. The van der Waals surface area contributed by atoms with Crippen LogP contribution in [0.3, 0.4) is 0 Å². The van der Waals surface area contributed by atoms with Crippen molar-refractivity contribution in [3.05, 3.63) is 23.3 Å². The number of carbonyl (C=O) groups is 1. The van der Waals surface area contributed by atoms with Gasteiger partial charge in [0.1, 0.15) is 5.75 Å². The van der Waals surface area contributed by atoms with Crippen LogP contribution in [0.4, 0.5) is 13.2 Å². The van der Waals surface area contributed by atoms with Gasteiger partial charge >= 0.3 is 6.18 Å². The van der Waals surface area contributed by atoms with Gasteiger partial charge in [0, 0.05) is 30.1 Å². The molecule has 1 saturated carbocycles.